The van der Waals surface area contributed by atoms with Crippen LogP contribution in [0.4, 0.5) is 0 Å². The van der Waals surface area contributed by atoms with E-state index in [1.165, 1.54) is 0 Å². The van der Waals surface area contributed by atoms with E-state index in [2.05, 4.69) is 4.98 Å². The molecule has 0 saturated heterocycles. The summed E-state index contributed by atoms with van der Waals surface area (Å²) in [5.41, 5.74) is 0.548. The summed E-state index contributed by atoms with van der Waals surface area (Å²) in [5, 5.41) is 0.417. The number of nitrogens with zero attached hydrogens (tertiary/aromatic N) is 1. The van der Waals surface area contributed by atoms with Crippen LogP contribution in [-0.2, 0) is 0 Å². The summed E-state index contributed by atoms with van der Waals surface area (Å²) in [6.45, 7) is 2.43. The maximum absolute atomic E-state index is 12.6. The van der Waals surface area contributed by atoms with Crippen LogP contribution in [-0.4, -0.2) is 22.1 Å². The zero-order valence-corrected chi connectivity index (χ0v) is 13.2. The van der Waals surface area contributed by atoms with Crippen molar-refractivity contribution in [1.82, 2.24) is 9.55 Å². The van der Waals surface area contributed by atoms with Gasteiger partial charge in [-0.2, -0.15) is 0 Å². The van der Waals surface area contributed by atoms with Gasteiger partial charge in [-0.1, -0.05) is 12.1 Å². The van der Waals surface area contributed by atoms with Gasteiger partial charge in [0, 0.05) is 5.56 Å². The molecule has 0 saturated carbocycles. The fourth-order valence-electron chi connectivity index (χ4n) is 2.34. The lowest BCUT2D eigenvalue weighted by Gasteiger charge is -2.08. The van der Waals surface area contributed by atoms with Crippen LogP contribution >= 0.6 is 12.2 Å². The zero-order chi connectivity index (χ0) is 16.4. The van der Waals surface area contributed by atoms with Crippen molar-refractivity contribution in [1.29, 1.82) is 0 Å². The summed E-state index contributed by atoms with van der Waals surface area (Å²) in [6, 6.07) is 13.6. The van der Waals surface area contributed by atoms with Crippen LogP contribution in [0.25, 0.3) is 10.9 Å². The average molecular weight is 326 g/mol. The van der Waals surface area contributed by atoms with E-state index in [9.17, 15) is 9.59 Å². The van der Waals surface area contributed by atoms with E-state index < -0.39 is 11.5 Å². The Hall–Kier alpha value is -2.73. The summed E-state index contributed by atoms with van der Waals surface area (Å²) in [5.74, 6) is 0.199. The fourth-order valence-corrected chi connectivity index (χ4v) is 2.61. The van der Waals surface area contributed by atoms with Crippen molar-refractivity contribution in [3.8, 4) is 5.75 Å². The van der Waals surface area contributed by atoms with E-state index in [0.717, 1.165) is 4.57 Å². The van der Waals surface area contributed by atoms with Gasteiger partial charge in [0.1, 0.15) is 5.75 Å². The molecule has 23 heavy (non-hydrogen) atoms. The third kappa shape index (κ3) is 2.80. The van der Waals surface area contributed by atoms with Gasteiger partial charge in [-0.25, -0.2) is 4.57 Å². The van der Waals surface area contributed by atoms with E-state index in [4.69, 9.17) is 17.0 Å². The number of para-hydroxylation sites is 1. The number of carbonyl (C=O) groups excluding carboxylic acids is 1. The third-order valence-electron chi connectivity index (χ3n) is 3.42. The number of ether oxygens (including phenoxy) is 1. The van der Waals surface area contributed by atoms with Crippen molar-refractivity contribution >= 4 is 29.0 Å². The highest BCUT2D eigenvalue weighted by atomic mass is 32.1. The number of nitrogens with one attached hydrogen (secondary N) is 1. The molecule has 2 aromatic carbocycles. The molecule has 1 aromatic heterocycles. The normalized spacial score (nSPS) is 10.7. The molecule has 3 aromatic rings. The second-order valence-electron chi connectivity index (χ2n) is 4.88. The Morgan fingerprint density at radius 2 is 1.87 bits per heavy atom. The van der Waals surface area contributed by atoms with Crippen LogP contribution in [0.1, 0.15) is 17.3 Å². The topological polar surface area (TPSA) is 64.1 Å². The molecular formula is C17H14N2O3S. The first-order valence-corrected chi connectivity index (χ1v) is 7.54. The first-order valence-electron chi connectivity index (χ1n) is 7.13. The van der Waals surface area contributed by atoms with Gasteiger partial charge in [-0.05, 0) is 55.5 Å². The number of carbonyl (C=O) groups is 1. The van der Waals surface area contributed by atoms with Crippen molar-refractivity contribution in [2.45, 2.75) is 6.92 Å². The quantitative estimate of drug-likeness (QED) is 0.751. The second-order valence-corrected chi connectivity index (χ2v) is 5.27. The maximum atomic E-state index is 12.6. The number of rotatable bonds is 3. The number of hydrogen-bond donors (Lipinski definition) is 1. The Morgan fingerprint density at radius 3 is 2.57 bits per heavy atom. The van der Waals surface area contributed by atoms with Gasteiger partial charge in [0.15, 0.2) is 4.77 Å². The minimum Gasteiger partial charge on any atom is -0.494 e. The molecular weight excluding hydrogens is 312 g/mol. The molecule has 5 nitrogen and oxygen atoms in total. The molecule has 0 aliphatic rings. The summed E-state index contributed by atoms with van der Waals surface area (Å²) in [6.07, 6.45) is 0. The molecule has 0 aliphatic heterocycles. The van der Waals surface area contributed by atoms with Crippen molar-refractivity contribution in [3.05, 3.63) is 69.2 Å². The lowest BCUT2D eigenvalue weighted by atomic mass is 10.2. The number of hydrogen-bond acceptors (Lipinski definition) is 4. The number of aromatic amines is 1. The van der Waals surface area contributed by atoms with Crippen LogP contribution in [0.5, 0.6) is 5.75 Å². The highest BCUT2D eigenvalue weighted by Gasteiger charge is 2.14. The Bertz CT molecular complexity index is 987. The van der Waals surface area contributed by atoms with Crippen LogP contribution in [0, 0.1) is 4.77 Å². The predicted molar refractivity (Wildman–Crippen MR) is 90.7 cm³/mol. The SMILES string of the molecule is CCOc1ccc(C(=O)n2c(=S)[nH]c3ccccc3c2=O)cc1. The molecule has 0 spiro atoms. The first-order chi connectivity index (χ1) is 11.1. The van der Waals surface area contributed by atoms with Gasteiger partial charge in [0.25, 0.3) is 11.5 Å². The number of aromatic nitrogens is 2. The van der Waals surface area contributed by atoms with Crippen LogP contribution in [0.15, 0.2) is 53.3 Å². The Kier molecular flexibility index (Phi) is 4.08. The summed E-state index contributed by atoms with van der Waals surface area (Å²) in [7, 11) is 0. The monoisotopic (exact) mass is 326 g/mol. The second kappa shape index (κ2) is 6.18. The molecule has 0 fully saturated rings. The van der Waals surface area contributed by atoms with E-state index in [-0.39, 0.29) is 4.77 Å². The van der Waals surface area contributed by atoms with Crippen molar-refractivity contribution in [3.63, 3.8) is 0 Å². The predicted octanol–water partition coefficient (Wildman–Crippen LogP) is 3.15. The fraction of sp³-hybridized carbons (Fsp3) is 0.118. The van der Waals surface area contributed by atoms with E-state index in [0.29, 0.717) is 28.8 Å². The van der Waals surface area contributed by atoms with Gasteiger partial charge in [-0.15, -0.1) is 0 Å². The Balaban J connectivity index is 2.11. The maximum Gasteiger partial charge on any atom is 0.269 e. The van der Waals surface area contributed by atoms with Crippen molar-refractivity contribution in [2.24, 2.45) is 0 Å². The van der Waals surface area contributed by atoms with Crippen LogP contribution in [0.2, 0.25) is 0 Å². The van der Waals surface area contributed by atoms with E-state index in [1.807, 2.05) is 6.92 Å². The largest absolute Gasteiger partial charge is 0.494 e. The lowest BCUT2D eigenvalue weighted by Crippen LogP contribution is -2.29. The average Bonchev–Trinajstić information content (AvgIpc) is 2.56. The molecule has 6 heteroatoms. The molecule has 0 radical (unpaired) electrons. The first kappa shape index (κ1) is 15.2. The minimum absolute atomic E-state index is 0.0765. The Morgan fingerprint density at radius 1 is 1.17 bits per heavy atom. The third-order valence-corrected chi connectivity index (χ3v) is 3.71. The van der Waals surface area contributed by atoms with Gasteiger partial charge < -0.3 is 9.72 Å². The standard InChI is InChI=1S/C17H14N2O3S/c1-2-22-12-9-7-11(8-10-12)15(20)19-16(21)13-5-3-4-6-14(13)18-17(19)23/h3-10H,2H2,1H3,(H,18,23). The lowest BCUT2D eigenvalue weighted by molar-refractivity contribution is 0.0953. The van der Waals surface area contributed by atoms with Crippen LogP contribution in [0.3, 0.4) is 0 Å². The van der Waals surface area contributed by atoms with Crippen molar-refractivity contribution < 1.29 is 9.53 Å². The minimum atomic E-state index is -0.468. The molecule has 1 heterocycles. The zero-order valence-electron chi connectivity index (χ0n) is 12.4. The van der Waals surface area contributed by atoms with E-state index >= 15 is 0 Å². The smallest absolute Gasteiger partial charge is 0.269 e. The molecule has 1 N–H and O–H groups in total. The Labute approximate surface area is 137 Å². The van der Waals surface area contributed by atoms with Crippen molar-refractivity contribution in [2.75, 3.05) is 6.61 Å². The summed E-state index contributed by atoms with van der Waals surface area (Å²) >= 11 is 5.17. The molecule has 0 aliphatic carbocycles. The molecule has 0 unspecified atom stereocenters. The highest BCUT2D eigenvalue weighted by molar-refractivity contribution is 7.71. The summed E-state index contributed by atoms with van der Waals surface area (Å²) < 4.78 is 6.40. The van der Waals surface area contributed by atoms with E-state index in [1.54, 1.807) is 48.5 Å². The highest BCUT2D eigenvalue weighted by Crippen LogP contribution is 2.13. The van der Waals surface area contributed by atoms with Gasteiger partial charge in [-0.3, -0.25) is 9.59 Å². The van der Waals surface area contributed by atoms with Gasteiger partial charge in [0.05, 0.1) is 17.5 Å². The molecule has 116 valence electrons. The molecule has 0 amide bonds. The number of H-pyrrole nitrogens is 1. The molecule has 0 bridgehead atoms. The molecule has 0 atom stereocenters. The number of benzene rings is 2. The summed E-state index contributed by atoms with van der Waals surface area (Å²) in [4.78, 5) is 28.1. The molecule has 3 rings (SSSR count). The van der Waals surface area contributed by atoms with Crippen LogP contribution < -0.4 is 10.3 Å². The number of fused-ring (bicyclic) bond motifs is 1. The van der Waals surface area contributed by atoms with Gasteiger partial charge >= 0.3 is 0 Å². The van der Waals surface area contributed by atoms with Gasteiger partial charge in [0.2, 0.25) is 0 Å².